The van der Waals surface area contributed by atoms with Crippen LogP contribution in [-0.4, -0.2) is 29.8 Å². The van der Waals surface area contributed by atoms with Gasteiger partial charge in [-0.15, -0.1) is 0 Å². The fourth-order valence-electron chi connectivity index (χ4n) is 2.54. The third kappa shape index (κ3) is 4.90. The highest BCUT2D eigenvalue weighted by Crippen LogP contribution is 2.09. The average Bonchev–Trinajstić information content (AvgIpc) is 2.67. The largest absolute Gasteiger partial charge is 0.348 e. The second kappa shape index (κ2) is 8.99. The van der Waals surface area contributed by atoms with Crippen LogP contribution in [0.25, 0.3) is 0 Å². The third-order valence-corrected chi connectivity index (χ3v) is 4.16. The Morgan fingerprint density at radius 3 is 1.92 bits per heavy atom. The van der Waals surface area contributed by atoms with Crippen LogP contribution < -0.4 is 11.1 Å². The summed E-state index contributed by atoms with van der Waals surface area (Å²) in [5, 5.41) is 2.88. The lowest BCUT2D eigenvalue weighted by Crippen LogP contribution is -2.30. The number of hydrogen-bond donors (Lipinski definition) is 2. The van der Waals surface area contributed by atoms with Gasteiger partial charge in [0, 0.05) is 37.3 Å². The van der Waals surface area contributed by atoms with Crippen LogP contribution in [0.1, 0.15) is 45.7 Å². The Bertz CT molecular complexity index is 705. The number of rotatable bonds is 7. The van der Waals surface area contributed by atoms with Gasteiger partial charge in [0.05, 0.1) is 0 Å². The van der Waals surface area contributed by atoms with E-state index < -0.39 is 0 Å². The van der Waals surface area contributed by atoms with Crippen LogP contribution in [0.2, 0.25) is 0 Å². The number of hydrogen-bond acceptors (Lipinski definition) is 3. The van der Waals surface area contributed by atoms with Crippen molar-refractivity contribution in [2.45, 2.75) is 26.9 Å². The molecule has 0 saturated carbocycles. The van der Waals surface area contributed by atoms with E-state index in [-0.39, 0.29) is 11.8 Å². The molecular weight excluding hydrogens is 314 g/mol. The quantitative estimate of drug-likeness (QED) is 0.814. The molecule has 0 aromatic heterocycles. The van der Waals surface area contributed by atoms with Gasteiger partial charge in [0.1, 0.15) is 0 Å². The van der Waals surface area contributed by atoms with Gasteiger partial charge >= 0.3 is 0 Å². The molecule has 0 aliphatic heterocycles. The first-order valence-corrected chi connectivity index (χ1v) is 8.54. The monoisotopic (exact) mass is 339 g/mol. The van der Waals surface area contributed by atoms with E-state index in [0.29, 0.717) is 37.3 Å². The number of carbonyl (C=O) groups is 2. The zero-order valence-electron chi connectivity index (χ0n) is 14.8. The number of nitrogens with zero attached hydrogens (tertiary/aromatic N) is 1. The van der Waals surface area contributed by atoms with Crippen LogP contribution in [0.5, 0.6) is 0 Å². The molecule has 0 saturated heterocycles. The molecular formula is C20H25N3O2. The minimum atomic E-state index is -0.133. The Morgan fingerprint density at radius 2 is 1.40 bits per heavy atom. The number of benzene rings is 2. The van der Waals surface area contributed by atoms with Gasteiger partial charge in [-0.3, -0.25) is 9.59 Å². The van der Waals surface area contributed by atoms with Gasteiger partial charge in [-0.2, -0.15) is 0 Å². The Kier molecular flexibility index (Phi) is 6.71. The molecule has 2 aromatic carbocycles. The summed E-state index contributed by atoms with van der Waals surface area (Å²) in [5.74, 6) is -0.104. The predicted octanol–water partition coefficient (Wildman–Crippen LogP) is 2.56. The summed E-state index contributed by atoms with van der Waals surface area (Å²) >= 11 is 0. The molecule has 5 nitrogen and oxygen atoms in total. The SMILES string of the molecule is CCN(CC)C(=O)c1ccc(CNC(=O)c2ccc(CN)cc2)cc1. The van der Waals surface area contributed by atoms with Crippen molar-refractivity contribution < 1.29 is 9.59 Å². The highest BCUT2D eigenvalue weighted by molar-refractivity contribution is 5.95. The summed E-state index contributed by atoms with van der Waals surface area (Å²) in [6.07, 6.45) is 0. The highest BCUT2D eigenvalue weighted by atomic mass is 16.2. The molecule has 0 aliphatic rings. The van der Waals surface area contributed by atoms with Crippen molar-refractivity contribution in [3.63, 3.8) is 0 Å². The normalized spacial score (nSPS) is 10.4. The van der Waals surface area contributed by atoms with E-state index in [1.807, 2.05) is 38.1 Å². The number of carbonyl (C=O) groups excluding carboxylic acids is 2. The van der Waals surface area contributed by atoms with Gasteiger partial charge in [-0.05, 0) is 49.2 Å². The third-order valence-electron chi connectivity index (χ3n) is 4.16. The lowest BCUT2D eigenvalue weighted by Gasteiger charge is -2.18. The van der Waals surface area contributed by atoms with Crippen LogP contribution in [-0.2, 0) is 13.1 Å². The Labute approximate surface area is 148 Å². The standard InChI is InChI=1S/C20H25N3O2/c1-3-23(4-2)20(25)18-11-7-16(8-12-18)14-22-19(24)17-9-5-15(13-21)6-10-17/h5-12H,3-4,13-14,21H2,1-2H3,(H,22,24). The Morgan fingerprint density at radius 1 is 0.880 bits per heavy atom. The maximum atomic E-state index is 12.3. The van der Waals surface area contributed by atoms with Crippen LogP contribution in [0.15, 0.2) is 48.5 Å². The first-order valence-electron chi connectivity index (χ1n) is 8.54. The van der Waals surface area contributed by atoms with Gasteiger partial charge in [0.25, 0.3) is 11.8 Å². The predicted molar refractivity (Wildman–Crippen MR) is 99.2 cm³/mol. The molecule has 0 bridgehead atoms. The molecule has 0 aliphatic carbocycles. The van der Waals surface area contributed by atoms with Crippen molar-refractivity contribution in [2.75, 3.05) is 13.1 Å². The molecule has 3 N–H and O–H groups in total. The summed E-state index contributed by atoms with van der Waals surface area (Å²) < 4.78 is 0. The minimum absolute atomic E-state index is 0.0283. The van der Waals surface area contributed by atoms with Crippen LogP contribution in [0.4, 0.5) is 0 Å². The number of amides is 2. The van der Waals surface area contributed by atoms with Crippen molar-refractivity contribution in [3.05, 3.63) is 70.8 Å². The highest BCUT2D eigenvalue weighted by Gasteiger charge is 2.12. The lowest BCUT2D eigenvalue weighted by molar-refractivity contribution is 0.0772. The van der Waals surface area contributed by atoms with E-state index in [2.05, 4.69) is 5.32 Å². The van der Waals surface area contributed by atoms with Gasteiger partial charge < -0.3 is 16.0 Å². The van der Waals surface area contributed by atoms with Crippen molar-refractivity contribution in [3.8, 4) is 0 Å². The Balaban J connectivity index is 1.94. The van der Waals surface area contributed by atoms with Gasteiger partial charge in [0.2, 0.25) is 0 Å². The summed E-state index contributed by atoms with van der Waals surface area (Å²) in [7, 11) is 0. The zero-order valence-corrected chi connectivity index (χ0v) is 14.8. The van der Waals surface area contributed by atoms with Gasteiger partial charge in [-0.25, -0.2) is 0 Å². The van der Waals surface area contributed by atoms with E-state index in [4.69, 9.17) is 5.73 Å². The van der Waals surface area contributed by atoms with E-state index in [1.165, 1.54) is 0 Å². The molecule has 0 heterocycles. The summed E-state index contributed by atoms with van der Waals surface area (Å²) in [5.41, 5.74) is 8.76. The molecule has 0 spiro atoms. The zero-order chi connectivity index (χ0) is 18.2. The molecule has 0 atom stereocenters. The summed E-state index contributed by atoms with van der Waals surface area (Å²) in [6.45, 7) is 6.18. The fraction of sp³-hybridized carbons (Fsp3) is 0.300. The van der Waals surface area contributed by atoms with E-state index in [1.54, 1.807) is 29.2 Å². The average molecular weight is 339 g/mol. The maximum absolute atomic E-state index is 12.3. The molecule has 25 heavy (non-hydrogen) atoms. The van der Waals surface area contributed by atoms with Crippen molar-refractivity contribution in [1.29, 1.82) is 0 Å². The van der Waals surface area contributed by atoms with Crippen molar-refractivity contribution >= 4 is 11.8 Å². The van der Waals surface area contributed by atoms with Crippen LogP contribution >= 0.6 is 0 Å². The first kappa shape index (κ1) is 18.7. The van der Waals surface area contributed by atoms with E-state index in [0.717, 1.165) is 11.1 Å². The number of nitrogens with two attached hydrogens (primary N) is 1. The van der Waals surface area contributed by atoms with Crippen molar-refractivity contribution in [2.24, 2.45) is 5.73 Å². The lowest BCUT2D eigenvalue weighted by atomic mass is 10.1. The molecule has 2 aromatic rings. The molecule has 2 amide bonds. The molecule has 5 heteroatoms. The smallest absolute Gasteiger partial charge is 0.253 e. The minimum Gasteiger partial charge on any atom is -0.348 e. The molecule has 0 radical (unpaired) electrons. The molecule has 0 fully saturated rings. The second-order valence-corrected chi connectivity index (χ2v) is 5.76. The topological polar surface area (TPSA) is 75.4 Å². The van der Waals surface area contributed by atoms with E-state index >= 15 is 0 Å². The fourth-order valence-corrected chi connectivity index (χ4v) is 2.54. The molecule has 2 rings (SSSR count). The van der Waals surface area contributed by atoms with Crippen molar-refractivity contribution in [1.82, 2.24) is 10.2 Å². The van der Waals surface area contributed by atoms with Gasteiger partial charge in [0.15, 0.2) is 0 Å². The van der Waals surface area contributed by atoms with E-state index in [9.17, 15) is 9.59 Å². The number of nitrogens with one attached hydrogen (secondary N) is 1. The molecule has 132 valence electrons. The van der Waals surface area contributed by atoms with Crippen LogP contribution in [0.3, 0.4) is 0 Å². The summed E-state index contributed by atoms with van der Waals surface area (Å²) in [4.78, 5) is 26.2. The molecule has 0 unspecified atom stereocenters. The van der Waals surface area contributed by atoms with Gasteiger partial charge in [-0.1, -0.05) is 24.3 Å². The summed E-state index contributed by atoms with van der Waals surface area (Å²) in [6, 6.07) is 14.6. The Hall–Kier alpha value is -2.66. The second-order valence-electron chi connectivity index (χ2n) is 5.76. The maximum Gasteiger partial charge on any atom is 0.253 e. The van der Waals surface area contributed by atoms with Crippen LogP contribution in [0, 0.1) is 0 Å². The first-order chi connectivity index (χ1) is 12.1.